The Morgan fingerprint density at radius 2 is 1.88 bits per heavy atom. The van der Waals surface area contributed by atoms with Crippen LogP contribution in [0.4, 0.5) is 0 Å². The van der Waals surface area contributed by atoms with Gasteiger partial charge in [-0.25, -0.2) is 0 Å². The predicted molar refractivity (Wildman–Crippen MR) is 108 cm³/mol. The van der Waals surface area contributed by atoms with Gasteiger partial charge in [-0.15, -0.1) is 0 Å². The van der Waals surface area contributed by atoms with Crippen LogP contribution in [0.15, 0.2) is 48.5 Å². The number of aryl methyl sites for hydroxylation is 2. The quantitative estimate of drug-likeness (QED) is 0.307. The van der Waals surface area contributed by atoms with Gasteiger partial charge < -0.3 is 0 Å². The Labute approximate surface area is 156 Å². The number of hydrogen-bond acceptors (Lipinski definition) is 2. The molecular formula is C20H18NS2Se+. The second kappa shape index (κ2) is 6.81. The first-order chi connectivity index (χ1) is 11.7. The number of thiophene rings is 1. The average molecular weight is 415 g/mol. The second-order valence-corrected chi connectivity index (χ2v) is 10.3. The van der Waals surface area contributed by atoms with Crippen LogP contribution in [-0.4, -0.2) is 14.5 Å². The van der Waals surface area contributed by atoms with Gasteiger partial charge in [0.1, 0.15) is 0 Å². The Morgan fingerprint density at radius 3 is 2.67 bits per heavy atom. The summed E-state index contributed by atoms with van der Waals surface area (Å²) in [5.41, 5.74) is 1.34. The van der Waals surface area contributed by atoms with Crippen molar-refractivity contribution in [3.05, 3.63) is 62.9 Å². The van der Waals surface area contributed by atoms with Crippen LogP contribution in [0.5, 0.6) is 0 Å². The van der Waals surface area contributed by atoms with Crippen LogP contribution in [0.25, 0.3) is 31.7 Å². The van der Waals surface area contributed by atoms with E-state index in [-0.39, 0.29) is 0 Å². The van der Waals surface area contributed by atoms with Gasteiger partial charge in [0.25, 0.3) is 0 Å². The molecule has 0 saturated heterocycles. The molecule has 120 valence electrons. The van der Waals surface area contributed by atoms with Crippen molar-refractivity contribution in [2.24, 2.45) is 0 Å². The third-order valence-corrected chi connectivity index (χ3v) is 8.68. The van der Waals surface area contributed by atoms with Gasteiger partial charge in [-0.3, -0.25) is 0 Å². The summed E-state index contributed by atoms with van der Waals surface area (Å²) in [4.78, 5) is 2.82. The van der Waals surface area contributed by atoms with Crippen molar-refractivity contribution in [1.82, 2.24) is 0 Å². The minimum atomic E-state index is 0.418. The van der Waals surface area contributed by atoms with Gasteiger partial charge in [0.05, 0.1) is 0 Å². The Morgan fingerprint density at radius 1 is 1.00 bits per heavy atom. The summed E-state index contributed by atoms with van der Waals surface area (Å²) in [6.45, 7) is 5.40. The van der Waals surface area contributed by atoms with E-state index in [1.54, 1.807) is 0 Å². The molecule has 0 saturated carbocycles. The number of benzene rings is 1. The zero-order chi connectivity index (χ0) is 16.5. The van der Waals surface area contributed by atoms with Gasteiger partial charge >= 0.3 is 157 Å². The van der Waals surface area contributed by atoms with Crippen LogP contribution in [0.2, 0.25) is 0 Å². The number of rotatable bonds is 4. The van der Waals surface area contributed by atoms with E-state index in [4.69, 9.17) is 0 Å². The third-order valence-electron chi connectivity index (χ3n) is 3.95. The molecule has 0 aliphatic rings. The van der Waals surface area contributed by atoms with Crippen molar-refractivity contribution in [3.63, 3.8) is 0 Å². The number of thiazole rings is 1. The summed E-state index contributed by atoms with van der Waals surface area (Å²) in [7, 11) is 0. The number of hydrogen-bond donors (Lipinski definition) is 0. The molecule has 0 fully saturated rings. The fourth-order valence-electron chi connectivity index (χ4n) is 2.80. The number of nitrogens with zero attached hydrogens (tertiary/aromatic N) is 1. The molecule has 0 amide bonds. The molecule has 0 bridgehead atoms. The van der Waals surface area contributed by atoms with E-state index >= 15 is 0 Å². The molecule has 0 aliphatic carbocycles. The van der Waals surface area contributed by atoms with Crippen LogP contribution in [0, 0.1) is 6.92 Å². The minimum absolute atomic E-state index is 0.418. The first-order valence-corrected chi connectivity index (χ1v) is 11.4. The van der Waals surface area contributed by atoms with Crippen molar-refractivity contribution in [2.45, 2.75) is 20.4 Å². The van der Waals surface area contributed by atoms with Gasteiger partial charge in [0.15, 0.2) is 0 Å². The second-order valence-electron chi connectivity index (χ2n) is 5.60. The van der Waals surface area contributed by atoms with E-state index in [9.17, 15) is 0 Å². The van der Waals surface area contributed by atoms with Gasteiger partial charge in [0.2, 0.25) is 0 Å². The van der Waals surface area contributed by atoms with Crippen LogP contribution in [0.1, 0.15) is 21.2 Å². The molecule has 4 rings (SSSR count). The molecule has 3 aromatic heterocycles. The normalized spacial score (nSPS) is 11.8. The maximum atomic E-state index is 2.40. The number of aromatic nitrogens is 1. The first-order valence-electron chi connectivity index (χ1n) is 8.00. The van der Waals surface area contributed by atoms with E-state index in [2.05, 4.69) is 79.1 Å². The summed E-state index contributed by atoms with van der Waals surface area (Å²) in [6, 6.07) is 17.7. The topological polar surface area (TPSA) is 3.88 Å². The van der Waals surface area contributed by atoms with Crippen molar-refractivity contribution in [2.75, 3.05) is 0 Å². The SMILES string of the molecule is CC[n+]1c(/C=C/c2ccc(-c3ccc(C)s3)[se]2)sc2ccccc21. The number of para-hydroxylation sites is 1. The van der Waals surface area contributed by atoms with Crippen LogP contribution < -0.4 is 4.57 Å². The van der Waals surface area contributed by atoms with Crippen molar-refractivity contribution < 1.29 is 4.57 Å². The molecular weight excluding hydrogens is 397 g/mol. The molecule has 1 nitrogen and oxygen atoms in total. The summed E-state index contributed by atoms with van der Waals surface area (Å²) in [5.74, 6) is 0. The Balaban J connectivity index is 1.65. The van der Waals surface area contributed by atoms with E-state index in [0.29, 0.717) is 14.5 Å². The molecule has 0 atom stereocenters. The molecule has 1 aromatic carbocycles. The summed E-state index contributed by atoms with van der Waals surface area (Å²) in [5, 5.41) is 1.33. The van der Waals surface area contributed by atoms with Crippen LogP contribution in [-0.2, 0) is 6.54 Å². The molecule has 3 heterocycles. The van der Waals surface area contributed by atoms with Crippen molar-refractivity contribution >= 4 is 59.5 Å². The Hall–Kier alpha value is -1.45. The Kier molecular flexibility index (Phi) is 4.55. The van der Waals surface area contributed by atoms with E-state index in [0.717, 1.165) is 6.54 Å². The van der Waals surface area contributed by atoms with Crippen molar-refractivity contribution in [1.29, 1.82) is 0 Å². The van der Waals surface area contributed by atoms with E-state index < -0.39 is 0 Å². The zero-order valence-corrected chi connectivity index (χ0v) is 17.0. The molecule has 4 heteroatoms. The zero-order valence-electron chi connectivity index (χ0n) is 13.7. The van der Waals surface area contributed by atoms with Gasteiger partial charge in [-0.2, -0.15) is 0 Å². The molecule has 0 aliphatic heterocycles. The molecule has 0 unspecified atom stereocenters. The fraction of sp³-hybridized carbons (Fsp3) is 0.150. The van der Waals surface area contributed by atoms with Gasteiger partial charge in [-0.05, 0) is 0 Å². The monoisotopic (exact) mass is 416 g/mol. The summed E-state index contributed by atoms with van der Waals surface area (Å²) < 4.78 is 6.71. The molecule has 0 spiro atoms. The standard InChI is InChI=1S/C20H18NS2Se/c1-3-21-16-6-4-5-7-17(16)23-20(21)13-10-15-9-12-19(24-15)18-11-8-14(2)22-18/h4-13H,3H2,1-2H3/q+1/b13-10+. The molecule has 0 radical (unpaired) electrons. The maximum absolute atomic E-state index is 2.40. The van der Waals surface area contributed by atoms with Crippen molar-refractivity contribution in [3.8, 4) is 9.31 Å². The predicted octanol–water partition coefficient (Wildman–Crippen LogP) is 5.47. The van der Waals surface area contributed by atoms with E-state index in [1.165, 1.54) is 33.9 Å². The Bertz CT molecular complexity index is 1020. The number of fused-ring (bicyclic) bond motifs is 1. The molecule has 4 aromatic rings. The molecule has 0 N–H and O–H groups in total. The summed E-state index contributed by atoms with van der Waals surface area (Å²) in [6.07, 6.45) is 4.60. The van der Waals surface area contributed by atoms with Crippen LogP contribution in [0.3, 0.4) is 0 Å². The average Bonchev–Trinajstić information content (AvgIpc) is 3.30. The van der Waals surface area contributed by atoms with E-state index in [1.807, 2.05) is 22.7 Å². The van der Waals surface area contributed by atoms with Gasteiger partial charge in [-0.1, -0.05) is 0 Å². The fourth-order valence-corrected chi connectivity index (χ4v) is 6.94. The summed E-state index contributed by atoms with van der Waals surface area (Å²) >= 11 is 4.19. The molecule has 24 heavy (non-hydrogen) atoms. The van der Waals surface area contributed by atoms with Gasteiger partial charge in [0, 0.05) is 0 Å². The third kappa shape index (κ3) is 3.07. The van der Waals surface area contributed by atoms with Crippen LogP contribution >= 0.6 is 22.7 Å². The first kappa shape index (κ1) is 16.0.